The van der Waals surface area contributed by atoms with Crippen LogP contribution in [0.15, 0.2) is 77.9 Å². The highest BCUT2D eigenvalue weighted by Gasteiger charge is 2.40. The zero-order valence-corrected chi connectivity index (χ0v) is 22.3. The van der Waals surface area contributed by atoms with Gasteiger partial charge in [0.1, 0.15) is 0 Å². The number of hydrogen-bond donors (Lipinski definition) is 1. The van der Waals surface area contributed by atoms with Crippen molar-refractivity contribution in [2.45, 2.75) is 51.2 Å². The summed E-state index contributed by atoms with van der Waals surface area (Å²) in [5.41, 5.74) is 5.90. The van der Waals surface area contributed by atoms with E-state index in [1.807, 2.05) is 12.3 Å². The first kappa shape index (κ1) is 24.7. The lowest BCUT2D eigenvalue weighted by Gasteiger charge is -2.35. The lowest BCUT2D eigenvalue weighted by molar-refractivity contribution is -0.138. The Balaban J connectivity index is 1.30. The fraction of sp³-hybridized carbons (Fsp3) is 0.375. The van der Waals surface area contributed by atoms with Crippen molar-refractivity contribution >= 4 is 16.8 Å². The van der Waals surface area contributed by atoms with Crippen LogP contribution in [0.3, 0.4) is 0 Å². The number of hydrogen-bond acceptors (Lipinski definition) is 3. The van der Waals surface area contributed by atoms with Crippen molar-refractivity contribution in [3.63, 3.8) is 0 Å². The van der Waals surface area contributed by atoms with E-state index in [9.17, 15) is 9.59 Å². The van der Waals surface area contributed by atoms with Crippen molar-refractivity contribution in [3.05, 3.63) is 106 Å². The van der Waals surface area contributed by atoms with Gasteiger partial charge in [0, 0.05) is 62.1 Å². The number of aromatic nitrogens is 2. The molecule has 1 amide bonds. The van der Waals surface area contributed by atoms with E-state index in [2.05, 4.69) is 76.4 Å². The summed E-state index contributed by atoms with van der Waals surface area (Å²) in [6.45, 7) is 5.06. The minimum Gasteiger partial charge on any atom is -0.343 e. The molecular formula is C32H36N4O2. The van der Waals surface area contributed by atoms with Gasteiger partial charge in [-0.05, 0) is 67.5 Å². The molecule has 2 aromatic heterocycles. The highest BCUT2D eigenvalue weighted by Crippen LogP contribution is 2.36. The fourth-order valence-corrected chi connectivity index (χ4v) is 6.07. The second kappa shape index (κ2) is 10.3. The number of para-hydroxylation sites is 1. The van der Waals surface area contributed by atoms with E-state index in [-0.39, 0.29) is 23.3 Å². The lowest BCUT2D eigenvalue weighted by atomic mass is 9.80. The first-order chi connectivity index (χ1) is 18.5. The molecule has 6 nitrogen and oxygen atoms in total. The molecule has 1 aliphatic carbocycles. The zero-order valence-electron chi connectivity index (χ0n) is 22.3. The van der Waals surface area contributed by atoms with Crippen molar-refractivity contribution in [2.75, 3.05) is 13.1 Å². The van der Waals surface area contributed by atoms with E-state index in [1.54, 1.807) is 17.7 Å². The van der Waals surface area contributed by atoms with Crippen molar-refractivity contribution in [3.8, 4) is 0 Å². The van der Waals surface area contributed by atoms with Gasteiger partial charge in [0.05, 0.1) is 5.92 Å². The minimum atomic E-state index is -0.169. The maximum atomic E-state index is 14.2. The van der Waals surface area contributed by atoms with Gasteiger partial charge in [0.15, 0.2) is 0 Å². The van der Waals surface area contributed by atoms with Crippen molar-refractivity contribution in [2.24, 2.45) is 13.0 Å². The van der Waals surface area contributed by atoms with Gasteiger partial charge in [-0.3, -0.25) is 9.59 Å². The van der Waals surface area contributed by atoms with Crippen molar-refractivity contribution < 1.29 is 4.79 Å². The molecule has 1 saturated carbocycles. The van der Waals surface area contributed by atoms with Crippen LogP contribution >= 0.6 is 0 Å². The maximum absolute atomic E-state index is 14.2. The topological polar surface area (TPSA) is 59.3 Å². The average molecular weight is 509 g/mol. The summed E-state index contributed by atoms with van der Waals surface area (Å²) in [6, 6.07) is 21.2. The van der Waals surface area contributed by atoms with E-state index in [0.717, 1.165) is 37.9 Å². The molecule has 6 heteroatoms. The molecule has 196 valence electrons. The van der Waals surface area contributed by atoms with E-state index >= 15 is 0 Å². The Kier molecular flexibility index (Phi) is 6.66. The van der Waals surface area contributed by atoms with Gasteiger partial charge in [0.25, 0.3) is 5.56 Å². The number of piperidine rings is 1. The summed E-state index contributed by atoms with van der Waals surface area (Å²) in [5, 5.41) is 4.66. The molecule has 1 aliphatic heterocycles. The predicted molar refractivity (Wildman–Crippen MR) is 151 cm³/mol. The van der Waals surface area contributed by atoms with Crippen LogP contribution in [0.25, 0.3) is 10.9 Å². The molecule has 2 aromatic carbocycles. The van der Waals surface area contributed by atoms with E-state index in [4.69, 9.17) is 0 Å². The molecule has 1 saturated heterocycles. The van der Waals surface area contributed by atoms with Gasteiger partial charge >= 0.3 is 0 Å². The summed E-state index contributed by atoms with van der Waals surface area (Å²) >= 11 is 0. The van der Waals surface area contributed by atoms with Gasteiger partial charge in [-0.1, -0.05) is 48.0 Å². The number of nitrogens with one attached hydrogen (secondary N) is 1. The number of carbonyl (C=O) groups is 1. The molecule has 38 heavy (non-hydrogen) atoms. The number of aryl methyl sites for hydroxylation is 2. The van der Waals surface area contributed by atoms with Crippen LogP contribution in [0.4, 0.5) is 0 Å². The molecule has 6 rings (SSSR count). The first-order valence-corrected chi connectivity index (χ1v) is 13.8. The molecule has 0 bridgehead atoms. The van der Waals surface area contributed by atoms with Crippen molar-refractivity contribution in [1.29, 1.82) is 0 Å². The van der Waals surface area contributed by atoms with E-state index in [0.29, 0.717) is 19.1 Å². The molecule has 2 atom stereocenters. The predicted octanol–water partition coefficient (Wildman–Crippen LogP) is 4.58. The highest BCUT2D eigenvalue weighted by atomic mass is 16.2. The molecule has 4 aromatic rings. The quantitative estimate of drug-likeness (QED) is 0.398. The number of carbonyl (C=O) groups excluding carboxylic acids is 1. The largest absolute Gasteiger partial charge is 0.343 e. The molecule has 2 aliphatic rings. The molecular weight excluding hydrogens is 472 g/mol. The maximum Gasteiger partial charge on any atom is 0.250 e. The number of nitrogens with zero attached hydrogens (tertiary/aromatic N) is 3. The van der Waals surface area contributed by atoms with Crippen LogP contribution in [0.1, 0.15) is 47.4 Å². The summed E-state index contributed by atoms with van der Waals surface area (Å²) < 4.78 is 3.91. The number of fused-ring (bicyclic) bond motifs is 1. The molecule has 2 fully saturated rings. The molecule has 0 spiro atoms. The van der Waals surface area contributed by atoms with Crippen LogP contribution in [-0.4, -0.2) is 39.1 Å². The third-order valence-electron chi connectivity index (χ3n) is 8.27. The summed E-state index contributed by atoms with van der Waals surface area (Å²) in [5.74, 6) is 0.0968. The molecule has 0 unspecified atom stereocenters. The van der Waals surface area contributed by atoms with Gasteiger partial charge in [0.2, 0.25) is 5.91 Å². The SMILES string of the molecule is Cc1cccc(Cn2cc(CN(C(=O)[C@H]3CNCC[C@@H]3c3ccn(C)c(=O)c3)C3CC3)c3ccccc32)c1. The third kappa shape index (κ3) is 4.93. The summed E-state index contributed by atoms with van der Waals surface area (Å²) in [4.78, 5) is 28.7. The molecule has 0 radical (unpaired) electrons. The third-order valence-corrected chi connectivity index (χ3v) is 8.27. The van der Waals surface area contributed by atoms with E-state index in [1.165, 1.54) is 27.6 Å². The summed E-state index contributed by atoms with van der Waals surface area (Å²) in [6.07, 6.45) is 7.04. The average Bonchev–Trinajstić information content (AvgIpc) is 3.72. The van der Waals surface area contributed by atoms with Crippen LogP contribution < -0.4 is 10.9 Å². The van der Waals surface area contributed by atoms with Crippen LogP contribution in [0, 0.1) is 12.8 Å². The number of rotatable bonds is 7. The Labute approximate surface area is 223 Å². The number of pyridine rings is 1. The van der Waals surface area contributed by atoms with E-state index < -0.39 is 0 Å². The summed E-state index contributed by atoms with van der Waals surface area (Å²) in [7, 11) is 1.77. The van der Waals surface area contributed by atoms with Gasteiger partial charge < -0.3 is 19.4 Å². The Bertz CT molecular complexity index is 1530. The first-order valence-electron chi connectivity index (χ1n) is 13.8. The Morgan fingerprint density at radius 3 is 2.68 bits per heavy atom. The number of amides is 1. The van der Waals surface area contributed by atoms with Crippen LogP contribution in [0.2, 0.25) is 0 Å². The normalized spacial score (nSPS) is 19.5. The molecule has 1 N–H and O–H groups in total. The smallest absolute Gasteiger partial charge is 0.250 e. The fourth-order valence-electron chi connectivity index (χ4n) is 6.07. The minimum absolute atomic E-state index is 0.0206. The van der Waals surface area contributed by atoms with Crippen LogP contribution in [0.5, 0.6) is 0 Å². The Morgan fingerprint density at radius 1 is 1.05 bits per heavy atom. The van der Waals surface area contributed by atoms with Gasteiger partial charge in [-0.25, -0.2) is 0 Å². The Morgan fingerprint density at radius 2 is 1.89 bits per heavy atom. The lowest BCUT2D eigenvalue weighted by Crippen LogP contribution is -2.47. The number of benzene rings is 2. The second-order valence-electron chi connectivity index (χ2n) is 11.1. The zero-order chi connectivity index (χ0) is 26.2. The standard InChI is InChI=1S/C32H36N4O2/c1-22-6-5-7-23(16-22)19-35-20-25(28-8-3-4-9-30(28)35)21-36(26-10-11-26)32(38)29-18-33-14-12-27(29)24-13-15-34(2)31(37)17-24/h3-9,13,15-17,20,26-27,29,33H,10-12,14,18-19,21H2,1-2H3/t27-,29+/m1/s1. The van der Waals surface area contributed by atoms with Crippen molar-refractivity contribution in [1.82, 2.24) is 19.4 Å². The van der Waals surface area contributed by atoms with Gasteiger partial charge in [-0.15, -0.1) is 0 Å². The molecule has 3 heterocycles. The second-order valence-corrected chi connectivity index (χ2v) is 11.1. The Hall–Kier alpha value is -3.64. The monoisotopic (exact) mass is 508 g/mol. The highest BCUT2D eigenvalue weighted by molar-refractivity contribution is 5.86. The van der Waals surface area contributed by atoms with Crippen LogP contribution in [-0.2, 0) is 24.9 Å². The van der Waals surface area contributed by atoms with Gasteiger partial charge in [-0.2, -0.15) is 0 Å².